The van der Waals surface area contributed by atoms with Crippen LogP contribution in [0.4, 0.5) is 0 Å². The highest BCUT2D eigenvalue weighted by atomic mass is 28.4. The Bertz CT molecular complexity index is 908. The Hall–Kier alpha value is -1.58. The van der Waals surface area contributed by atoms with E-state index in [9.17, 15) is 4.79 Å². The summed E-state index contributed by atoms with van der Waals surface area (Å²) in [5, 5.41) is 2.48. The molecule has 2 aromatic rings. The van der Waals surface area contributed by atoms with Gasteiger partial charge < -0.3 is 18.4 Å². The third-order valence-electron chi connectivity index (χ3n) is 8.35. The van der Waals surface area contributed by atoms with E-state index >= 15 is 0 Å². The van der Waals surface area contributed by atoms with E-state index in [2.05, 4.69) is 102 Å². The molecular formula is C31H48O4Si2. The molecule has 0 bridgehead atoms. The maximum absolute atomic E-state index is 11.5. The van der Waals surface area contributed by atoms with E-state index in [0.29, 0.717) is 13.0 Å². The Kier molecular flexibility index (Phi) is 10.5. The summed E-state index contributed by atoms with van der Waals surface area (Å²) in [6, 6.07) is 24.8. The van der Waals surface area contributed by atoms with Crippen molar-refractivity contribution in [3.63, 3.8) is 0 Å². The Morgan fingerprint density at radius 3 is 1.89 bits per heavy atom. The molecule has 0 saturated carbocycles. The fourth-order valence-electron chi connectivity index (χ4n) is 5.96. The lowest BCUT2D eigenvalue weighted by atomic mass is 10.0. The Morgan fingerprint density at radius 2 is 1.46 bits per heavy atom. The van der Waals surface area contributed by atoms with Gasteiger partial charge in [0, 0.05) is 12.3 Å². The van der Waals surface area contributed by atoms with Gasteiger partial charge >= 0.3 is 0 Å². The number of hydrogen-bond donors (Lipinski definition) is 0. The van der Waals surface area contributed by atoms with Gasteiger partial charge in [0.25, 0.3) is 8.32 Å². The molecule has 1 saturated heterocycles. The molecular weight excluding hydrogens is 493 g/mol. The number of carbonyl (C=O) groups excluding carboxylic acids is 1. The van der Waals surface area contributed by atoms with Crippen LogP contribution >= 0.6 is 0 Å². The lowest BCUT2D eigenvalue weighted by Crippen LogP contribution is -2.67. The third-order valence-corrected chi connectivity index (χ3v) is 18.0. The van der Waals surface area contributed by atoms with Gasteiger partial charge in [0.15, 0.2) is 8.32 Å². The second-order valence-electron chi connectivity index (χ2n) is 11.8. The molecule has 4 atom stereocenters. The van der Waals surface area contributed by atoms with Crippen LogP contribution in [0.5, 0.6) is 0 Å². The molecule has 1 fully saturated rings. The maximum Gasteiger partial charge on any atom is 0.261 e. The fraction of sp³-hybridized carbons (Fsp3) is 0.581. The molecule has 1 heterocycles. The van der Waals surface area contributed by atoms with Crippen LogP contribution in [-0.4, -0.2) is 47.8 Å². The molecule has 0 N–H and O–H groups in total. The van der Waals surface area contributed by atoms with Gasteiger partial charge in [-0.15, -0.1) is 0 Å². The number of benzene rings is 2. The largest absolute Gasteiger partial charge is 0.411 e. The highest BCUT2D eigenvalue weighted by molar-refractivity contribution is 6.99. The summed E-state index contributed by atoms with van der Waals surface area (Å²) < 4.78 is 20.8. The minimum absolute atomic E-state index is 0.0293. The zero-order valence-electron chi connectivity index (χ0n) is 24.0. The van der Waals surface area contributed by atoms with Crippen molar-refractivity contribution in [3.05, 3.63) is 60.7 Å². The summed E-state index contributed by atoms with van der Waals surface area (Å²) in [5.74, 6) is -0.0478. The van der Waals surface area contributed by atoms with Crippen molar-refractivity contribution in [2.45, 2.75) is 103 Å². The predicted molar refractivity (Wildman–Crippen MR) is 159 cm³/mol. The summed E-state index contributed by atoms with van der Waals surface area (Å²) in [6.45, 7) is 16.2. The van der Waals surface area contributed by atoms with Crippen molar-refractivity contribution in [3.8, 4) is 0 Å². The van der Waals surface area contributed by atoms with Gasteiger partial charge in [-0.3, -0.25) is 0 Å². The standard InChI is InChI=1S/C31H48O4Si2/c1-8-36(9-2,10-3)35-30-22-26(34-29(30)21-25(4)23-32)24-33-37(31(5,6)7,27-17-13-11-14-18-27)28-19-15-12-16-20-28/h11-20,23,25-26,29-30H,8-10,21-22,24H2,1-7H3/t25-,26+,29-,30-/m1/s1. The van der Waals surface area contributed by atoms with Crippen LogP contribution in [0.1, 0.15) is 61.3 Å². The fourth-order valence-corrected chi connectivity index (χ4v) is 13.4. The molecule has 0 amide bonds. The van der Waals surface area contributed by atoms with Gasteiger partial charge in [0.2, 0.25) is 0 Å². The van der Waals surface area contributed by atoms with E-state index in [1.807, 2.05) is 6.92 Å². The minimum Gasteiger partial charge on any atom is -0.411 e. The lowest BCUT2D eigenvalue weighted by Gasteiger charge is -2.43. The molecule has 0 aromatic heterocycles. The molecule has 6 heteroatoms. The second-order valence-corrected chi connectivity index (χ2v) is 20.8. The van der Waals surface area contributed by atoms with Crippen LogP contribution in [0, 0.1) is 5.92 Å². The molecule has 204 valence electrons. The van der Waals surface area contributed by atoms with Crippen molar-refractivity contribution in [2.24, 2.45) is 5.92 Å². The maximum atomic E-state index is 11.5. The summed E-state index contributed by atoms with van der Waals surface area (Å²) >= 11 is 0. The molecule has 0 aliphatic carbocycles. The summed E-state index contributed by atoms with van der Waals surface area (Å²) in [4.78, 5) is 11.5. The van der Waals surface area contributed by atoms with Gasteiger partial charge in [0.05, 0.1) is 24.9 Å². The molecule has 37 heavy (non-hydrogen) atoms. The molecule has 2 aromatic carbocycles. The Balaban J connectivity index is 1.91. The first-order valence-electron chi connectivity index (χ1n) is 14.2. The third kappa shape index (κ3) is 6.71. The van der Waals surface area contributed by atoms with Gasteiger partial charge in [0.1, 0.15) is 6.29 Å². The van der Waals surface area contributed by atoms with Crippen molar-refractivity contribution in [1.29, 1.82) is 0 Å². The van der Waals surface area contributed by atoms with Crippen LogP contribution < -0.4 is 10.4 Å². The number of carbonyl (C=O) groups is 1. The van der Waals surface area contributed by atoms with Gasteiger partial charge in [-0.05, 0) is 40.0 Å². The predicted octanol–water partition coefficient (Wildman–Crippen LogP) is 6.34. The summed E-state index contributed by atoms with van der Waals surface area (Å²) in [5.41, 5.74) is 0. The second kappa shape index (κ2) is 13.0. The number of aldehydes is 1. The van der Waals surface area contributed by atoms with E-state index in [-0.39, 0.29) is 29.3 Å². The van der Waals surface area contributed by atoms with E-state index in [1.54, 1.807) is 0 Å². The molecule has 1 aliphatic heterocycles. The Labute approximate surface area is 227 Å². The first-order chi connectivity index (χ1) is 17.6. The van der Waals surface area contributed by atoms with E-state index in [0.717, 1.165) is 30.8 Å². The monoisotopic (exact) mass is 540 g/mol. The molecule has 0 unspecified atom stereocenters. The van der Waals surface area contributed by atoms with Crippen LogP contribution in [0.15, 0.2) is 60.7 Å². The lowest BCUT2D eigenvalue weighted by molar-refractivity contribution is -0.112. The van der Waals surface area contributed by atoms with Gasteiger partial charge in [-0.25, -0.2) is 0 Å². The summed E-state index contributed by atoms with van der Waals surface area (Å²) in [7, 11) is -4.45. The smallest absolute Gasteiger partial charge is 0.261 e. The van der Waals surface area contributed by atoms with Crippen molar-refractivity contribution >= 4 is 33.3 Å². The number of ether oxygens (including phenoxy) is 1. The normalized spacial score (nSPS) is 21.6. The molecule has 3 rings (SSSR count). The average Bonchev–Trinajstić information content (AvgIpc) is 3.28. The first kappa shape index (κ1) is 30.0. The van der Waals surface area contributed by atoms with Crippen LogP contribution in [0.2, 0.25) is 23.2 Å². The number of hydrogen-bond acceptors (Lipinski definition) is 4. The Morgan fingerprint density at radius 1 is 0.946 bits per heavy atom. The van der Waals surface area contributed by atoms with Crippen LogP contribution in [0.3, 0.4) is 0 Å². The highest BCUT2D eigenvalue weighted by Crippen LogP contribution is 2.38. The van der Waals surface area contributed by atoms with Crippen molar-refractivity contribution in [2.75, 3.05) is 6.61 Å². The number of rotatable bonds is 13. The first-order valence-corrected chi connectivity index (χ1v) is 18.6. The minimum atomic E-state index is -2.64. The SMILES string of the molecule is CC[Si](CC)(CC)O[C@@H]1C[C@@H](CO[Si](c2ccccc2)(c2ccccc2)C(C)(C)C)O[C@@H]1C[C@@H](C)C=O. The van der Waals surface area contributed by atoms with Gasteiger partial charge in [-0.1, -0.05) is 109 Å². The summed E-state index contributed by atoms with van der Waals surface area (Å²) in [6.07, 6.45) is 2.48. The molecule has 0 radical (unpaired) electrons. The zero-order valence-corrected chi connectivity index (χ0v) is 26.0. The van der Waals surface area contributed by atoms with Crippen LogP contribution in [0.25, 0.3) is 0 Å². The molecule has 0 spiro atoms. The van der Waals surface area contributed by atoms with Crippen molar-refractivity contribution in [1.82, 2.24) is 0 Å². The average molecular weight is 541 g/mol. The zero-order chi connectivity index (χ0) is 27.1. The van der Waals surface area contributed by atoms with E-state index in [4.69, 9.17) is 13.6 Å². The van der Waals surface area contributed by atoms with E-state index < -0.39 is 16.6 Å². The molecule has 4 nitrogen and oxygen atoms in total. The highest BCUT2D eigenvalue weighted by Gasteiger charge is 2.51. The topological polar surface area (TPSA) is 44.8 Å². The van der Waals surface area contributed by atoms with Gasteiger partial charge in [-0.2, -0.15) is 0 Å². The van der Waals surface area contributed by atoms with E-state index in [1.165, 1.54) is 10.4 Å². The molecule has 1 aliphatic rings. The van der Waals surface area contributed by atoms with Crippen LogP contribution in [-0.2, 0) is 18.4 Å². The quantitative estimate of drug-likeness (QED) is 0.220. The van der Waals surface area contributed by atoms with Crippen molar-refractivity contribution < 1.29 is 18.4 Å².